The van der Waals surface area contributed by atoms with Crippen molar-refractivity contribution in [1.29, 1.82) is 0 Å². The average Bonchev–Trinajstić information content (AvgIpc) is 2.41. The number of benzene rings is 1. The highest BCUT2D eigenvalue weighted by Crippen LogP contribution is 2.19. The van der Waals surface area contributed by atoms with Gasteiger partial charge in [0, 0.05) is 25.7 Å². The van der Waals surface area contributed by atoms with Gasteiger partial charge in [-0.3, -0.25) is 9.69 Å². The van der Waals surface area contributed by atoms with Gasteiger partial charge in [0.05, 0.1) is 13.0 Å². The molecule has 1 fully saturated rings. The second-order valence-corrected chi connectivity index (χ2v) is 4.80. The average molecular weight is 248 g/mol. The van der Waals surface area contributed by atoms with Gasteiger partial charge in [-0.15, -0.1) is 0 Å². The number of hydrogen-bond donors (Lipinski definition) is 1. The molecule has 0 aromatic heterocycles. The lowest BCUT2D eigenvalue weighted by Gasteiger charge is -2.35. The van der Waals surface area contributed by atoms with Crippen LogP contribution in [0.2, 0.25) is 0 Å². The smallest absolute Gasteiger partial charge is 0.311 e. The van der Waals surface area contributed by atoms with Crippen LogP contribution in [0.15, 0.2) is 30.3 Å². The van der Waals surface area contributed by atoms with Crippen molar-refractivity contribution in [2.75, 3.05) is 20.2 Å². The minimum atomic E-state index is -0.201. The fourth-order valence-corrected chi connectivity index (χ4v) is 2.42. The molecule has 0 saturated carbocycles. The minimum absolute atomic E-state index is 0.0792. The van der Waals surface area contributed by atoms with E-state index in [4.69, 9.17) is 10.5 Å². The molecule has 2 atom stereocenters. The lowest BCUT2D eigenvalue weighted by atomic mass is 9.92. The summed E-state index contributed by atoms with van der Waals surface area (Å²) in [6.07, 6.45) is 0.840. The van der Waals surface area contributed by atoms with Crippen LogP contribution in [-0.2, 0) is 16.1 Å². The molecule has 0 amide bonds. The third-order valence-corrected chi connectivity index (χ3v) is 3.50. The number of hydrogen-bond acceptors (Lipinski definition) is 4. The fraction of sp³-hybridized carbons (Fsp3) is 0.500. The van der Waals surface area contributed by atoms with Crippen LogP contribution in [0.25, 0.3) is 0 Å². The highest BCUT2D eigenvalue weighted by atomic mass is 16.5. The molecule has 1 aromatic rings. The predicted octanol–water partition coefficient (Wildman–Crippen LogP) is 1.01. The fourth-order valence-electron chi connectivity index (χ4n) is 2.42. The number of nitrogens with zero attached hydrogens (tertiary/aromatic N) is 1. The molecule has 0 bridgehead atoms. The van der Waals surface area contributed by atoms with Crippen LogP contribution in [0.1, 0.15) is 12.0 Å². The Hall–Kier alpha value is -1.39. The number of rotatable bonds is 3. The maximum absolute atomic E-state index is 11.6. The molecule has 4 nitrogen and oxygen atoms in total. The Bertz CT molecular complexity index is 394. The van der Waals surface area contributed by atoms with Crippen LogP contribution >= 0.6 is 0 Å². The van der Waals surface area contributed by atoms with Gasteiger partial charge in [0.15, 0.2) is 0 Å². The molecule has 2 rings (SSSR count). The van der Waals surface area contributed by atoms with Crippen molar-refractivity contribution in [3.05, 3.63) is 35.9 Å². The predicted molar refractivity (Wildman–Crippen MR) is 69.8 cm³/mol. The van der Waals surface area contributed by atoms with Crippen LogP contribution in [-0.4, -0.2) is 37.1 Å². The van der Waals surface area contributed by atoms with Crippen molar-refractivity contribution in [3.63, 3.8) is 0 Å². The zero-order valence-corrected chi connectivity index (χ0v) is 10.7. The molecular formula is C14H20N2O2. The van der Waals surface area contributed by atoms with Gasteiger partial charge in [0.1, 0.15) is 0 Å². The zero-order chi connectivity index (χ0) is 13.0. The molecule has 1 aliphatic heterocycles. The summed E-state index contributed by atoms with van der Waals surface area (Å²) >= 11 is 0. The molecule has 2 unspecified atom stereocenters. The molecule has 1 aliphatic rings. The molecule has 4 heteroatoms. The number of piperidine rings is 1. The topological polar surface area (TPSA) is 55.6 Å². The van der Waals surface area contributed by atoms with E-state index in [1.54, 1.807) is 0 Å². The van der Waals surface area contributed by atoms with Gasteiger partial charge in [-0.2, -0.15) is 0 Å². The van der Waals surface area contributed by atoms with Gasteiger partial charge in [-0.25, -0.2) is 0 Å². The largest absolute Gasteiger partial charge is 0.469 e. The first-order valence-electron chi connectivity index (χ1n) is 6.30. The van der Waals surface area contributed by atoms with Gasteiger partial charge in [0.25, 0.3) is 0 Å². The molecule has 1 saturated heterocycles. The van der Waals surface area contributed by atoms with Crippen LogP contribution < -0.4 is 5.73 Å². The maximum Gasteiger partial charge on any atom is 0.311 e. The number of carbonyl (C=O) groups is 1. The van der Waals surface area contributed by atoms with Crippen LogP contribution in [0, 0.1) is 5.92 Å². The Balaban J connectivity index is 1.97. The molecule has 0 aliphatic carbocycles. The van der Waals surface area contributed by atoms with Crippen molar-refractivity contribution in [3.8, 4) is 0 Å². The summed E-state index contributed by atoms with van der Waals surface area (Å²) in [7, 11) is 1.42. The third-order valence-electron chi connectivity index (χ3n) is 3.50. The third kappa shape index (κ3) is 3.09. The highest BCUT2D eigenvalue weighted by molar-refractivity contribution is 5.73. The Morgan fingerprint density at radius 2 is 2.17 bits per heavy atom. The van der Waals surface area contributed by atoms with E-state index in [2.05, 4.69) is 17.0 Å². The maximum atomic E-state index is 11.6. The molecule has 98 valence electrons. The van der Waals surface area contributed by atoms with Gasteiger partial charge < -0.3 is 10.5 Å². The van der Waals surface area contributed by atoms with E-state index in [0.29, 0.717) is 6.54 Å². The van der Waals surface area contributed by atoms with Crippen LogP contribution in [0.5, 0.6) is 0 Å². The molecular weight excluding hydrogens is 228 g/mol. The number of carbonyl (C=O) groups excluding carboxylic acids is 1. The Morgan fingerprint density at radius 1 is 1.44 bits per heavy atom. The van der Waals surface area contributed by atoms with E-state index < -0.39 is 0 Å². The van der Waals surface area contributed by atoms with Crippen molar-refractivity contribution >= 4 is 5.97 Å². The summed E-state index contributed by atoms with van der Waals surface area (Å²) in [4.78, 5) is 13.9. The van der Waals surface area contributed by atoms with Gasteiger partial charge in [-0.1, -0.05) is 30.3 Å². The number of nitrogens with two attached hydrogens (primary N) is 1. The van der Waals surface area contributed by atoms with Crippen LogP contribution in [0.4, 0.5) is 0 Å². The van der Waals surface area contributed by atoms with E-state index >= 15 is 0 Å². The first kappa shape index (κ1) is 13.1. The summed E-state index contributed by atoms with van der Waals surface area (Å²) in [6, 6.07) is 10.2. The van der Waals surface area contributed by atoms with Gasteiger partial charge in [0.2, 0.25) is 0 Å². The summed E-state index contributed by atoms with van der Waals surface area (Å²) in [5.74, 6) is -0.396. The van der Waals surface area contributed by atoms with E-state index in [9.17, 15) is 4.79 Å². The van der Waals surface area contributed by atoms with E-state index in [0.717, 1.165) is 19.5 Å². The van der Waals surface area contributed by atoms with E-state index in [1.807, 2.05) is 18.2 Å². The van der Waals surface area contributed by atoms with Crippen molar-refractivity contribution in [1.82, 2.24) is 4.90 Å². The summed E-state index contributed by atoms with van der Waals surface area (Å²) < 4.78 is 4.81. The number of ether oxygens (including phenoxy) is 1. The lowest BCUT2D eigenvalue weighted by Crippen LogP contribution is -2.50. The van der Waals surface area contributed by atoms with Crippen molar-refractivity contribution in [2.45, 2.75) is 19.0 Å². The molecule has 0 spiro atoms. The SMILES string of the molecule is COC(=O)C1CN(Cc2ccccc2)CCC1N. The standard InChI is InChI=1S/C14H20N2O2/c1-18-14(17)12-10-16(8-7-13(12)15)9-11-5-3-2-4-6-11/h2-6,12-13H,7-10,15H2,1H3. The molecule has 2 N–H and O–H groups in total. The molecule has 1 heterocycles. The van der Waals surface area contributed by atoms with Gasteiger partial charge >= 0.3 is 5.97 Å². The monoisotopic (exact) mass is 248 g/mol. The van der Waals surface area contributed by atoms with Gasteiger partial charge in [-0.05, 0) is 12.0 Å². The van der Waals surface area contributed by atoms with Crippen molar-refractivity contribution < 1.29 is 9.53 Å². The van der Waals surface area contributed by atoms with Crippen LogP contribution in [0.3, 0.4) is 0 Å². The Morgan fingerprint density at radius 3 is 2.83 bits per heavy atom. The summed E-state index contributed by atoms with van der Waals surface area (Å²) in [6.45, 7) is 2.48. The second-order valence-electron chi connectivity index (χ2n) is 4.80. The molecule has 18 heavy (non-hydrogen) atoms. The first-order valence-corrected chi connectivity index (χ1v) is 6.30. The number of esters is 1. The zero-order valence-electron chi connectivity index (χ0n) is 10.7. The Kier molecular flexibility index (Phi) is 4.33. The van der Waals surface area contributed by atoms with E-state index in [1.165, 1.54) is 12.7 Å². The normalized spacial score (nSPS) is 24.8. The van der Waals surface area contributed by atoms with Crippen molar-refractivity contribution in [2.24, 2.45) is 11.7 Å². The summed E-state index contributed by atoms with van der Waals surface area (Å²) in [5, 5.41) is 0. The second kappa shape index (κ2) is 5.98. The highest BCUT2D eigenvalue weighted by Gasteiger charge is 2.32. The quantitative estimate of drug-likeness (QED) is 0.811. The first-order chi connectivity index (χ1) is 8.70. The number of likely N-dealkylation sites (tertiary alicyclic amines) is 1. The molecule has 1 aromatic carbocycles. The summed E-state index contributed by atoms with van der Waals surface area (Å²) in [5.41, 5.74) is 7.24. The lowest BCUT2D eigenvalue weighted by molar-refractivity contribution is -0.148. The minimum Gasteiger partial charge on any atom is -0.469 e. The Labute approximate surface area is 108 Å². The molecule has 0 radical (unpaired) electrons. The number of methoxy groups -OCH3 is 1. The van der Waals surface area contributed by atoms with E-state index in [-0.39, 0.29) is 17.9 Å².